The van der Waals surface area contributed by atoms with Crippen molar-refractivity contribution >= 4 is 11.8 Å². The molecule has 0 unspecified atom stereocenters. The third-order valence-corrected chi connectivity index (χ3v) is 7.02. The Morgan fingerprint density at radius 1 is 0.903 bits per heavy atom. The number of piperidine rings is 1. The second-order valence-corrected chi connectivity index (χ2v) is 9.44. The van der Waals surface area contributed by atoms with Gasteiger partial charge in [-0.25, -0.2) is 4.98 Å². The molecule has 0 spiro atoms. The van der Waals surface area contributed by atoms with Crippen LogP contribution in [-0.4, -0.2) is 52.1 Å². The minimum atomic E-state index is 0.399. The van der Waals surface area contributed by atoms with E-state index in [2.05, 4.69) is 32.2 Å². The van der Waals surface area contributed by atoms with E-state index in [1.165, 1.54) is 68.4 Å². The Kier molecular flexibility index (Phi) is 6.63. The number of anilines is 2. The van der Waals surface area contributed by atoms with Gasteiger partial charge >= 0.3 is 0 Å². The van der Waals surface area contributed by atoms with E-state index in [9.17, 15) is 0 Å². The molecule has 1 atom stereocenters. The van der Waals surface area contributed by atoms with Gasteiger partial charge in [0.15, 0.2) is 0 Å². The first-order valence-corrected chi connectivity index (χ1v) is 12.4. The quantitative estimate of drug-likeness (QED) is 0.782. The maximum Gasteiger partial charge on any atom is 0.225 e. The van der Waals surface area contributed by atoms with E-state index >= 15 is 0 Å². The van der Waals surface area contributed by atoms with Crippen molar-refractivity contribution in [2.45, 2.75) is 76.8 Å². The highest BCUT2D eigenvalue weighted by atomic mass is 15.3. The maximum atomic E-state index is 5.13. The Labute approximate surface area is 186 Å². The molecule has 6 nitrogen and oxygen atoms in total. The molecule has 0 saturated carbocycles. The molecule has 31 heavy (non-hydrogen) atoms. The Bertz CT molecular complexity index is 847. The number of likely N-dealkylation sites (tertiary alicyclic amines) is 1. The van der Waals surface area contributed by atoms with Crippen molar-refractivity contribution in [3.63, 3.8) is 0 Å². The lowest BCUT2D eigenvalue weighted by Crippen LogP contribution is -2.42. The first-order valence-electron chi connectivity index (χ1n) is 12.4. The van der Waals surface area contributed by atoms with Crippen LogP contribution in [0.4, 0.5) is 11.8 Å². The molecule has 1 aliphatic carbocycles. The Hall–Kier alpha value is -2.21. The van der Waals surface area contributed by atoms with Crippen LogP contribution < -0.4 is 10.2 Å². The number of nitrogens with zero attached hydrogens (tertiary/aromatic N) is 5. The van der Waals surface area contributed by atoms with E-state index < -0.39 is 0 Å². The van der Waals surface area contributed by atoms with Gasteiger partial charge in [-0.05, 0) is 70.0 Å². The topological polar surface area (TPSA) is 57.2 Å². The third kappa shape index (κ3) is 5.17. The van der Waals surface area contributed by atoms with Gasteiger partial charge in [0.1, 0.15) is 5.82 Å². The molecule has 166 valence electrons. The van der Waals surface area contributed by atoms with Crippen molar-refractivity contribution in [2.75, 3.05) is 36.4 Å². The smallest absolute Gasteiger partial charge is 0.225 e. The van der Waals surface area contributed by atoms with Gasteiger partial charge in [-0.2, -0.15) is 4.98 Å². The lowest BCUT2D eigenvalue weighted by Gasteiger charge is -2.33. The molecule has 4 heterocycles. The molecule has 0 bridgehead atoms. The van der Waals surface area contributed by atoms with Gasteiger partial charge in [-0.1, -0.05) is 18.9 Å². The average molecular weight is 421 g/mol. The Morgan fingerprint density at radius 3 is 2.61 bits per heavy atom. The summed E-state index contributed by atoms with van der Waals surface area (Å²) >= 11 is 0. The largest absolute Gasteiger partial charge is 0.356 e. The molecule has 2 aliphatic heterocycles. The molecule has 0 amide bonds. The number of fused-ring (bicyclic) bond motifs is 1. The van der Waals surface area contributed by atoms with E-state index in [1.807, 2.05) is 12.3 Å². The predicted molar refractivity (Wildman–Crippen MR) is 126 cm³/mol. The van der Waals surface area contributed by atoms with Crippen molar-refractivity contribution in [2.24, 2.45) is 0 Å². The van der Waals surface area contributed by atoms with Crippen LogP contribution in [0.2, 0.25) is 0 Å². The fourth-order valence-corrected chi connectivity index (χ4v) is 5.40. The van der Waals surface area contributed by atoms with Crippen LogP contribution in [0.15, 0.2) is 24.4 Å². The van der Waals surface area contributed by atoms with Crippen molar-refractivity contribution in [3.05, 3.63) is 41.3 Å². The van der Waals surface area contributed by atoms with Crippen LogP contribution in [0, 0.1) is 0 Å². The maximum absolute atomic E-state index is 5.13. The number of hydrogen-bond donors (Lipinski definition) is 1. The molecule has 2 fully saturated rings. The number of rotatable bonds is 5. The monoisotopic (exact) mass is 420 g/mol. The molecule has 6 heteroatoms. The van der Waals surface area contributed by atoms with Gasteiger partial charge in [-0.3, -0.25) is 9.88 Å². The molecule has 5 rings (SSSR count). The molecular weight excluding hydrogens is 384 g/mol. The second-order valence-electron chi connectivity index (χ2n) is 9.44. The zero-order chi connectivity index (χ0) is 20.9. The van der Waals surface area contributed by atoms with Crippen LogP contribution in [0.5, 0.6) is 0 Å². The minimum Gasteiger partial charge on any atom is -0.356 e. The van der Waals surface area contributed by atoms with Crippen molar-refractivity contribution in [1.29, 1.82) is 0 Å². The fourth-order valence-electron chi connectivity index (χ4n) is 5.40. The highest BCUT2D eigenvalue weighted by molar-refractivity contribution is 5.54. The minimum absolute atomic E-state index is 0.399. The van der Waals surface area contributed by atoms with Crippen LogP contribution in [-0.2, 0) is 19.4 Å². The first-order chi connectivity index (χ1) is 15.3. The van der Waals surface area contributed by atoms with Crippen LogP contribution >= 0.6 is 0 Å². The van der Waals surface area contributed by atoms with Gasteiger partial charge < -0.3 is 10.2 Å². The van der Waals surface area contributed by atoms with Gasteiger partial charge in [-0.15, -0.1) is 0 Å². The van der Waals surface area contributed by atoms with Crippen LogP contribution in [0.1, 0.15) is 68.3 Å². The number of hydrogen-bond acceptors (Lipinski definition) is 6. The summed E-state index contributed by atoms with van der Waals surface area (Å²) < 4.78 is 0. The summed E-state index contributed by atoms with van der Waals surface area (Å²) in [6.45, 7) is 5.37. The van der Waals surface area contributed by atoms with E-state index in [4.69, 9.17) is 9.97 Å². The summed E-state index contributed by atoms with van der Waals surface area (Å²) in [6.07, 6.45) is 14.3. The molecule has 1 N–H and O–H groups in total. The first kappa shape index (κ1) is 20.7. The molecule has 3 aliphatic rings. The zero-order valence-corrected chi connectivity index (χ0v) is 18.7. The number of pyridine rings is 1. The van der Waals surface area contributed by atoms with Gasteiger partial charge in [0.25, 0.3) is 0 Å². The molecule has 2 saturated heterocycles. The van der Waals surface area contributed by atoms with E-state index in [1.54, 1.807) is 0 Å². The van der Waals surface area contributed by atoms with E-state index in [0.717, 1.165) is 57.2 Å². The van der Waals surface area contributed by atoms with Crippen LogP contribution in [0.3, 0.4) is 0 Å². The zero-order valence-electron chi connectivity index (χ0n) is 18.7. The molecule has 0 aromatic carbocycles. The number of aryl methyl sites for hydroxylation is 1. The summed E-state index contributed by atoms with van der Waals surface area (Å²) in [6, 6.07) is 6.58. The van der Waals surface area contributed by atoms with Gasteiger partial charge in [0.05, 0.1) is 11.4 Å². The third-order valence-electron chi connectivity index (χ3n) is 7.02. The molecule has 2 aromatic rings. The Balaban J connectivity index is 1.32. The van der Waals surface area contributed by atoms with Crippen molar-refractivity contribution < 1.29 is 0 Å². The highest BCUT2D eigenvalue weighted by Crippen LogP contribution is 2.31. The summed E-state index contributed by atoms with van der Waals surface area (Å²) in [5, 5.41) is 3.73. The van der Waals surface area contributed by atoms with Gasteiger partial charge in [0.2, 0.25) is 5.95 Å². The van der Waals surface area contributed by atoms with E-state index in [0.29, 0.717) is 6.04 Å². The van der Waals surface area contributed by atoms with Crippen LogP contribution in [0.25, 0.3) is 0 Å². The van der Waals surface area contributed by atoms with E-state index in [-0.39, 0.29) is 0 Å². The van der Waals surface area contributed by atoms with Gasteiger partial charge in [0, 0.05) is 44.0 Å². The summed E-state index contributed by atoms with van der Waals surface area (Å²) in [4.78, 5) is 19.7. The summed E-state index contributed by atoms with van der Waals surface area (Å²) in [5.41, 5.74) is 3.87. The lowest BCUT2D eigenvalue weighted by molar-refractivity contribution is 0.206. The number of nitrogens with one attached hydrogen (secondary N) is 1. The Morgan fingerprint density at radius 2 is 1.77 bits per heavy atom. The predicted octanol–water partition coefficient (Wildman–Crippen LogP) is 4.21. The second kappa shape index (κ2) is 9.94. The standard InChI is InChI=1S/C25H36N6/c1-2-8-17-31(16-7-1)24-22-12-3-4-13-23(22)28-25(29-24)27-21-11-9-15-30(19-21)18-20-10-5-6-14-26-20/h5-6,10,14,21H,1-4,7-9,11-13,15-19H2,(H,27,28,29)/t21-/m0/s1. The number of aromatic nitrogens is 3. The lowest BCUT2D eigenvalue weighted by atomic mass is 9.96. The van der Waals surface area contributed by atoms with Crippen molar-refractivity contribution in [1.82, 2.24) is 19.9 Å². The molecule has 0 radical (unpaired) electrons. The molecule has 2 aromatic heterocycles. The summed E-state index contributed by atoms with van der Waals surface area (Å²) in [7, 11) is 0. The summed E-state index contributed by atoms with van der Waals surface area (Å²) in [5.74, 6) is 2.08. The highest BCUT2D eigenvalue weighted by Gasteiger charge is 2.25. The normalized spacial score (nSPS) is 22.6. The average Bonchev–Trinajstić information content (AvgIpc) is 3.09. The SMILES string of the molecule is c1ccc(CN2CCC[C@H](Nc3nc4c(c(N5CCCCCC5)n3)CCCC4)C2)nc1. The fraction of sp³-hybridized carbons (Fsp3) is 0.640. The molecular formula is C25H36N6. The van der Waals surface area contributed by atoms with Crippen molar-refractivity contribution in [3.8, 4) is 0 Å².